The van der Waals surface area contributed by atoms with Crippen LogP contribution in [-0.4, -0.2) is 58.9 Å². The lowest BCUT2D eigenvalue weighted by Crippen LogP contribution is -2.49. The van der Waals surface area contributed by atoms with Crippen molar-refractivity contribution in [3.63, 3.8) is 0 Å². The van der Waals surface area contributed by atoms with Crippen molar-refractivity contribution in [1.29, 1.82) is 5.26 Å². The average Bonchev–Trinajstić information content (AvgIpc) is 3.23. The molecule has 14 heteroatoms. The lowest BCUT2D eigenvalue weighted by molar-refractivity contribution is 0.0110. The molecule has 0 spiro atoms. The van der Waals surface area contributed by atoms with Crippen molar-refractivity contribution in [1.82, 2.24) is 24.4 Å². The van der Waals surface area contributed by atoms with Crippen LogP contribution < -0.4 is 15.6 Å². The van der Waals surface area contributed by atoms with Crippen LogP contribution >= 0.6 is 0 Å². The number of aromatic nitrogens is 3. The fourth-order valence-electron chi connectivity index (χ4n) is 4.88. The molecule has 3 aromatic rings. The number of aromatic amines is 1. The summed E-state index contributed by atoms with van der Waals surface area (Å²) in [4.78, 5) is 29.3. The molecule has 0 bridgehead atoms. The molecular formula is C27H34FN7O5S. The molecule has 1 aliphatic rings. The number of piperidine rings is 1. The third-order valence-corrected chi connectivity index (χ3v) is 8.37. The van der Waals surface area contributed by atoms with E-state index in [2.05, 4.69) is 26.2 Å². The van der Waals surface area contributed by atoms with Gasteiger partial charge < -0.3 is 19.9 Å². The van der Waals surface area contributed by atoms with Crippen molar-refractivity contribution in [2.75, 3.05) is 18.4 Å². The maximum Gasteiger partial charge on any atom is 0.410 e. The number of likely N-dealkylation sites (tertiary alicyclic amines) is 1. The maximum absolute atomic E-state index is 14.9. The van der Waals surface area contributed by atoms with Gasteiger partial charge in [0, 0.05) is 31.0 Å². The summed E-state index contributed by atoms with van der Waals surface area (Å²) < 4.78 is 49.3. The number of carbonyl (C=O) groups is 1. The Labute approximate surface area is 237 Å². The van der Waals surface area contributed by atoms with Gasteiger partial charge in [0.05, 0.1) is 23.5 Å². The van der Waals surface area contributed by atoms with E-state index in [4.69, 9.17) is 4.74 Å². The molecule has 4 rings (SSSR count). The number of rotatable bonds is 7. The first-order valence-corrected chi connectivity index (χ1v) is 14.7. The van der Waals surface area contributed by atoms with Crippen molar-refractivity contribution >= 4 is 38.5 Å². The first-order valence-electron chi connectivity index (χ1n) is 13.2. The zero-order chi connectivity index (χ0) is 30.2. The number of pyridine rings is 1. The second kappa shape index (κ2) is 11.1. The molecule has 3 N–H and O–H groups in total. The lowest BCUT2D eigenvalue weighted by Gasteiger charge is -2.41. The average molecular weight is 588 g/mol. The fourth-order valence-corrected chi connectivity index (χ4v) is 6.19. The van der Waals surface area contributed by atoms with Gasteiger partial charge in [0.25, 0.3) is 5.56 Å². The summed E-state index contributed by atoms with van der Waals surface area (Å²) in [6.45, 7) is 9.26. The number of nitrogens with zero attached hydrogens (tertiary/aromatic N) is 4. The highest BCUT2D eigenvalue weighted by Crippen LogP contribution is 2.38. The summed E-state index contributed by atoms with van der Waals surface area (Å²) in [6.07, 6.45) is 1.87. The van der Waals surface area contributed by atoms with Gasteiger partial charge in [0.15, 0.2) is 5.82 Å². The van der Waals surface area contributed by atoms with Gasteiger partial charge in [-0.3, -0.25) is 9.48 Å². The highest BCUT2D eigenvalue weighted by molar-refractivity contribution is 7.89. The van der Waals surface area contributed by atoms with Crippen molar-refractivity contribution in [2.24, 2.45) is 0 Å². The van der Waals surface area contributed by atoms with Gasteiger partial charge in [0.1, 0.15) is 21.7 Å². The molecule has 3 heterocycles. The predicted molar refractivity (Wildman–Crippen MR) is 151 cm³/mol. The fraction of sp³-hybridized carbons (Fsp3) is 0.481. The smallest absolute Gasteiger partial charge is 0.410 e. The second-order valence-electron chi connectivity index (χ2n) is 11.4. The van der Waals surface area contributed by atoms with E-state index in [0.29, 0.717) is 31.4 Å². The molecule has 2 aromatic heterocycles. The molecule has 1 aliphatic heterocycles. The molecule has 1 aromatic carbocycles. The second-order valence-corrected chi connectivity index (χ2v) is 13.1. The van der Waals surface area contributed by atoms with Crippen LogP contribution in [0.5, 0.6) is 0 Å². The Morgan fingerprint density at radius 2 is 1.95 bits per heavy atom. The van der Waals surface area contributed by atoms with Crippen LogP contribution in [0.3, 0.4) is 0 Å². The number of H-pyrrole nitrogens is 1. The normalized spacial score (nSPS) is 15.6. The van der Waals surface area contributed by atoms with Gasteiger partial charge in [-0.05, 0) is 71.7 Å². The molecule has 220 valence electrons. The molecule has 0 saturated carbocycles. The molecule has 0 radical (unpaired) electrons. The van der Waals surface area contributed by atoms with Gasteiger partial charge in [-0.1, -0.05) is 0 Å². The van der Waals surface area contributed by atoms with Crippen LogP contribution in [0.15, 0.2) is 40.2 Å². The molecule has 1 amide bonds. The van der Waals surface area contributed by atoms with Gasteiger partial charge in [0.2, 0.25) is 10.0 Å². The number of anilines is 2. The molecule has 1 fully saturated rings. The third-order valence-electron chi connectivity index (χ3n) is 6.68. The van der Waals surface area contributed by atoms with E-state index in [-0.39, 0.29) is 23.3 Å². The third kappa shape index (κ3) is 6.36. The van der Waals surface area contributed by atoms with Crippen molar-refractivity contribution in [3.05, 3.63) is 46.6 Å². The van der Waals surface area contributed by atoms with E-state index >= 15 is 0 Å². The zero-order valence-electron chi connectivity index (χ0n) is 23.6. The van der Waals surface area contributed by atoms with Crippen LogP contribution in [0.25, 0.3) is 10.9 Å². The SMILES string of the molecule is CC(C)NS(=O)(=O)c1ccc(Nc2nn(C3(CC#N)CCN(C(=O)OC(C)(C)C)CC3)c3cc[nH]c(=O)c23)cc1F. The van der Waals surface area contributed by atoms with Crippen LogP contribution in [-0.2, 0) is 20.3 Å². The standard InChI is InChI=1S/C27H34FN7O5S/c1-17(2)33-41(38,39)21-7-6-18(16-19(21)28)31-23-22-20(8-13-30-24(22)36)35(32-23)27(9-12-29)10-14-34(15-11-27)25(37)40-26(3,4)5/h6-8,13,16-17,33H,9-11,14-15H2,1-5H3,(H,30,36)(H,31,32). The number of ether oxygens (including phenoxy) is 1. The minimum Gasteiger partial charge on any atom is -0.444 e. The van der Waals surface area contributed by atoms with Crippen molar-refractivity contribution < 1.29 is 22.3 Å². The minimum atomic E-state index is -4.06. The Kier molecular flexibility index (Phi) is 8.15. The summed E-state index contributed by atoms with van der Waals surface area (Å²) in [7, 11) is -4.06. The van der Waals surface area contributed by atoms with E-state index in [0.717, 1.165) is 12.1 Å². The van der Waals surface area contributed by atoms with E-state index in [1.165, 1.54) is 12.3 Å². The predicted octanol–water partition coefficient (Wildman–Crippen LogP) is 3.93. The largest absolute Gasteiger partial charge is 0.444 e. The Morgan fingerprint density at radius 1 is 1.27 bits per heavy atom. The monoisotopic (exact) mass is 587 g/mol. The Bertz CT molecular complexity index is 1660. The van der Waals surface area contributed by atoms with Gasteiger partial charge in [-0.25, -0.2) is 22.3 Å². The number of sulfonamides is 1. The highest BCUT2D eigenvalue weighted by Gasteiger charge is 2.41. The number of nitrogens with one attached hydrogen (secondary N) is 3. The van der Waals surface area contributed by atoms with E-state index in [1.54, 1.807) is 50.3 Å². The molecular weight excluding hydrogens is 553 g/mol. The van der Waals surface area contributed by atoms with Gasteiger partial charge in [-0.2, -0.15) is 10.4 Å². The summed E-state index contributed by atoms with van der Waals surface area (Å²) >= 11 is 0. The molecule has 41 heavy (non-hydrogen) atoms. The number of fused-ring (bicyclic) bond motifs is 1. The number of halogens is 1. The lowest BCUT2D eigenvalue weighted by atomic mass is 9.85. The molecule has 0 atom stereocenters. The van der Waals surface area contributed by atoms with E-state index in [1.807, 2.05) is 0 Å². The van der Waals surface area contributed by atoms with Crippen LogP contribution in [0.4, 0.5) is 20.7 Å². The summed E-state index contributed by atoms with van der Waals surface area (Å²) in [5, 5.41) is 17.6. The van der Waals surface area contributed by atoms with Gasteiger partial charge in [-0.15, -0.1) is 0 Å². The van der Waals surface area contributed by atoms with Crippen LogP contribution in [0.2, 0.25) is 0 Å². The van der Waals surface area contributed by atoms with E-state index < -0.39 is 49.6 Å². The van der Waals surface area contributed by atoms with Crippen molar-refractivity contribution in [2.45, 2.75) is 76.0 Å². The minimum absolute atomic E-state index is 0.0716. The van der Waals surface area contributed by atoms with Crippen molar-refractivity contribution in [3.8, 4) is 6.07 Å². The number of carbonyl (C=O) groups excluding carboxylic acids is 1. The van der Waals surface area contributed by atoms with E-state index in [9.17, 15) is 27.7 Å². The Morgan fingerprint density at radius 3 is 2.54 bits per heavy atom. The Balaban J connectivity index is 1.70. The Hall–Kier alpha value is -3.96. The molecule has 12 nitrogen and oxygen atoms in total. The first-order chi connectivity index (χ1) is 19.2. The van der Waals surface area contributed by atoms with Gasteiger partial charge >= 0.3 is 6.09 Å². The number of hydrogen-bond acceptors (Lipinski definition) is 8. The number of benzene rings is 1. The number of hydrogen-bond donors (Lipinski definition) is 3. The maximum atomic E-state index is 14.9. The summed E-state index contributed by atoms with van der Waals surface area (Å²) in [5.74, 6) is -0.861. The number of amides is 1. The van der Waals surface area contributed by atoms with Crippen LogP contribution in [0.1, 0.15) is 53.9 Å². The quantitative estimate of drug-likeness (QED) is 0.374. The summed E-state index contributed by atoms with van der Waals surface area (Å²) in [5.41, 5.74) is -1.29. The highest BCUT2D eigenvalue weighted by atomic mass is 32.2. The topological polar surface area (TPSA) is 162 Å². The molecule has 1 saturated heterocycles. The molecule has 0 aliphatic carbocycles. The zero-order valence-corrected chi connectivity index (χ0v) is 24.4. The molecule has 0 unspecified atom stereocenters. The summed E-state index contributed by atoms with van der Waals surface area (Å²) in [6, 6.07) is 7.00. The number of nitriles is 1. The first kappa shape index (κ1) is 30.0. The van der Waals surface area contributed by atoms with Crippen LogP contribution in [0, 0.1) is 17.1 Å².